The Morgan fingerprint density at radius 3 is 2.50 bits per heavy atom. The summed E-state index contributed by atoms with van der Waals surface area (Å²) in [5.74, 6) is 1.76. The van der Waals surface area contributed by atoms with E-state index >= 15 is 0 Å². The lowest BCUT2D eigenvalue weighted by Crippen LogP contribution is -2.40. The molecule has 3 aromatic rings. The second-order valence-corrected chi connectivity index (χ2v) is 10.9. The maximum atomic E-state index is 13.3. The first-order chi connectivity index (χ1) is 17.5. The molecule has 0 unspecified atom stereocenters. The number of fused-ring (bicyclic) bond motifs is 1. The van der Waals surface area contributed by atoms with E-state index in [-0.39, 0.29) is 18.4 Å². The van der Waals surface area contributed by atoms with E-state index in [1.54, 1.807) is 0 Å². The molecular weight excluding hydrogens is 452 g/mol. The first-order valence-electron chi connectivity index (χ1n) is 13.1. The zero-order valence-electron chi connectivity index (χ0n) is 20.2. The number of amides is 2. The van der Waals surface area contributed by atoms with Crippen LogP contribution in [-0.2, 0) is 16.2 Å². The number of aromatic nitrogens is 1. The molecule has 0 radical (unpaired) electrons. The number of amidine groups is 1. The molecule has 7 heteroatoms. The summed E-state index contributed by atoms with van der Waals surface area (Å²) in [4.78, 5) is 37.9. The van der Waals surface area contributed by atoms with Crippen molar-refractivity contribution in [1.29, 1.82) is 0 Å². The van der Waals surface area contributed by atoms with E-state index in [0.717, 1.165) is 84.3 Å². The van der Waals surface area contributed by atoms with Crippen LogP contribution in [0.25, 0.3) is 22.0 Å². The van der Waals surface area contributed by atoms with Crippen LogP contribution in [0.15, 0.2) is 53.5 Å². The van der Waals surface area contributed by atoms with Gasteiger partial charge in [0.15, 0.2) is 0 Å². The smallest absolute Gasteiger partial charge is 0.256 e. The molecule has 2 saturated carbocycles. The molecule has 4 aliphatic rings. The van der Waals surface area contributed by atoms with Gasteiger partial charge in [0, 0.05) is 47.7 Å². The molecule has 3 heterocycles. The van der Waals surface area contributed by atoms with Crippen molar-refractivity contribution < 1.29 is 14.7 Å². The highest BCUT2D eigenvalue weighted by Gasteiger charge is 2.57. The van der Waals surface area contributed by atoms with E-state index in [1.807, 2.05) is 21.9 Å². The number of nitrogens with zero attached hydrogens (tertiary/aromatic N) is 3. The van der Waals surface area contributed by atoms with Crippen LogP contribution < -0.4 is 0 Å². The Hall–Kier alpha value is -3.45. The van der Waals surface area contributed by atoms with E-state index in [4.69, 9.17) is 4.99 Å². The molecule has 0 bridgehead atoms. The van der Waals surface area contributed by atoms with Crippen LogP contribution in [0, 0.1) is 11.8 Å². The third-order valence-electron chi connectivity index (χ3n) is 8.23. The molecule has 3 fully saturated rings. The normalized spacial score (nSPS) is 22.6. The molecule has 2 aliphatic heterocycles. The van der Waals surface area contributed by atoms with Crippen LogP contribution in [0.2, 0.25) is 0 Å². The van der Waals surface area contributed by atoms with E-state index in [2.05, 4.69) is 41.4 Å². The molecule has 2 N–H and O–H groups in total. The average Bonchev–Trinajstić information content (AvgIpc) is 3.79. The largest absolute Gasteiger partial charge is 0.390 e. The number of aliphatic hydroxyl groups is 1. The highest BCUT2D eigenvalue weighted by molar-refractivity contribution is 6.16. The van der Waals surface area contributed by atoms with Gasteiger partial charge in [0.25, 0.3) is 5.91 Å². The van der Waals surface area contributed by atoms with Crippen LogP contribution in [0.1, 0.15) is 43.4 Å². The molecule has 7 rings (SSSR count). The van der Waals surface area contributed by atoms with Gasteiger partial charge in [-0.15, -0.1) is 0 Å². The number of carbonyl (C=O) groups excluding carboxylic acids is 2. The summed E-state index contributed by atoms with van der Waals surface area (Å²) in [5.41, 5.74) is 4.43. The van der Waals surface area contributed by atoms with Crippen molar-refractivity contribution in [2.24, 2.45) is 16.8 Å². The third kappa shape index (κ3) is 3.64. The van der Waals surface area contributed by atoms with Crippen LogP contribution >= 0.6 is 0 Å². The second-order valence-electron chi connectivity index (χ2n) is 10.9. The number of aliphatic imine (C=N–C) groups is 1. The fraction of sp³-hybridized carbons (Fsp3) is 0.414. The van der Waals surface area contributed by atoms with Gasteiger partial charge in [-0.1, -0.05) is 30.3 Å². The van der Waals surface area contributed by atoms with Crippen molar-refractivity contribution in [2.45, 2.75) is 44.2 Å². The van der Waals surface area contributed by atoms with Gasteiger partial charge in [-0.25, -0.2) is 0 Å². The number of rotatable bonds is 6. The minimum atomic E-state index is -0.542. The van der Waals surface area contributed by atoms with Crippen molar-refractivity contribution in [3.8, 4) is 11.1 Å². The minimum Gasteiger partial charge on any atom is -0.390 e. The Balaban J connectivity index is 1.11. The van der Waals surface area contributed by atoms with Gasteiger partial charge in [-0.05, 0) is 67.3 Å². The quantitative estimate of drug-likeness (QED) is 0.561. The van der Waals surface area contributed by atoms with Crippen LogP contribution in [-0.4, -0.2) is 62.7 Å². The van der Waals surface area contributed by atoms with Crippen molar-refractivity contribution in [2.75, 3.05) is 19.6 Å². The number of hydrogen-bond acceptors (Lipinski definition) is 4. The Morgan fingerprint density at radius 2 is 1.78 bits per heavy atom. The first-order valence-corrected chi connectivity index (χ1v) is 13.1. The standard InChI is InChI=1S/C29H30N4O3/c34-17-24-14-23-13-22(7-8-25(23)30-24)19-1-3-20(4-2-19)26-31-29(10-11-29)28(36)33(26)16-18-9-12-32(15-18)27(35)21-5-6-21/h1-4,7-8,13-14,18,21,30,34H,5-6,9-12,15-17H2/t18-/m1/s1. The lowest BCUT2D eigenvalue weighted by Gasteiger charge is -2.23. The summed E-state index contributed by atoms with van der Waals surface area (Å²) in [6, 6.07) is 16.5. The summed E-state index contributed by atoms with van der Waals surface area (Å²) < 4.78 is 0. The Labute approximate surface area is 209 Å². The number of nitrogens with one attached hydrogen (secondary N) is 1. The van der Waals surface area contributed by atoms with Crippen molar-refractivity contribution in [3.05, 3.63) is 59.8 Å². The minimum absolute atomic E-state index is 0.00670. The van der Waals surface area contributed by atoms with Gasteiger partial charge in [0.1, 0.15) is 11.4 Å². The molecule has 1 saturated heterocycles. The van der Waals surface area contributed by atoms with Gasteiger partial charge >= 0.3 is 0 Å². The van der Waals surface area contributed by atoms with Crippen molar-refractivity contribution in [1.82, 2.24) is 14.8 Å². The predicted octanol–water partition coefficient (Wildman–Crippen LogP) is 3.71. The summed E-state index contributed by atoms with van der Waals surface area (Å²) in [5, 5.41) is 10.5. The Kier molecular flexibility index (Phi) is 4.86. The monoisotopic (exact) mass is 482 g/mol. The molecule has 36 heavy (non-hydrogen) atoms. The molecule has 2 aromatic carbocycles. The number of H-pyrrole nitrogens is 1. The highest BCUT2D eigenvalue weighted by Crippen LogP contribution is 2.46. The number of benzene rings is 2. The molecule has 1 aromatic heterocycles. The van der Waals surface area contributed by atoms with E-state index < -0.39 is 5.54 Å². The fourth-order valence-electron chi connectivity index (χ4n) is 5.79. The van der Waals surface area contributed by atoms with E-state index in [0.29, 0.717) is 18.4 Å². The summed E-state index contributed by atoms with van der Waals surface area (Å²) in [7, 11) is 0. The van der Waals surface area contributed by atoms with Crippen LogP contribution in [0.3, 0.4) is 0 Å². The molecule has 7 nitrogen and oxygen atoms in total. The number of hydrogen-bond donors (Lipinski definition) is 2. The Morgan fingerprint density at radius 1 is 1.03 bits per heavy atom. The van der Waals surface area contributed by atoms with Crippen molar-refractivity contribution >= 4 is 28.6 Å². The topological polar surface area (TPSA) is 89.0 Å². The zero-order valence-corrected chi connectivity index (χ0v) is 20.2. The Bertz CT molecular complexity index is 1400. The molecule has 1 atom stereocenters. The van der Waals surface area contributed by atoms with E-state index in [9.17, 15) is 14.7 Å². The number of aromatic amines is 1. The molecule has 2 aliphatic carbocycles. The average molecular weight is 483 g/mol. The van der Waals surface area contributed by atoms with Crippen LogP contribution in [0.5, 0.6) is 0 Å². The number of aliphatic hydroxyl groups excluding tert-OH is 1. The second kappa shape index (κ2) is 8.03. The fourth-order valence-corrected chi connectivity index (χ4v) is 5.79. The maximum absolute atomic E-state index is 13.3. The lowest BCUT2D eigenvalue weighted by atomic mass is 10.0. The summed E-state index contributed by atoms with van der Waals surface area (Å²) in [6.45, 7) is 2.18. The maximum Gasteiger partial charge on any atom is 0.256 e. The van der Waals surface area contributed by atoms with E-state index in [1.165, 1.54) is 0 Å². The first kappa shape index (κ1) is 21.8. The summed E-state index contributed by atoms with van der Waals surface area (Å²) >= 11 is 0. The number of likely N-dealkylation sites (tertiary alicyclic amines) is 1. The molecule has 2 amide bonds. The molecular formula is C29H30N4O3. The summed E-state index contributed by atoms with van der Waals surface area (Å²) in [6.07, 6.45) is 4.66. The van der Waals surface area contributed by atoms with Crippen LogP contribution in [0.4, 0.5) is 0 Å². The highest BCUT2D eigenvalue weighted by atomic mass is 16.3. The van der Waals surface area contributed by atoms with Gasteiger partial charge in [-0.2, -0.15) is 0 Å². The van der Waals surface area contributed by atoms with Crippen molar-refractivity contribution in [3.63, 3.8) is 0 Å². The van der Waals surface area contributed by atoms with Gasteiger partial charge in [0.05, 0.1) is 6.61 Å². The van der Waals surface area contributed by atoms with Gasteiger partial charge < -0.3 is 15.0 Å². The van der Waals surface area contributed by atoms with Gasteiger partial charge in [0.2, 0.25) is 5.91 Å². The predicted molar refractivity (Wildman–Crippen MR) is 137 cm³/mol. The lowest BCUT2D eigenvalue weighted by molar-refractivity contribution is -0.131. The molecule has 1 spiro atoms. The zero-order chi connectivity index (χ0) is 24.4. The van der Waals surface area contributed by atoms with Gasteiger partial charge in [-0.3, -0.25) is 19.5 Å². The third-order valence-corrected chi connectivity index (χ3v) is 8.23. The SMILES string of the molecule is O=C(C1CC1)N1CC[C@@H](CN2C(=O)C3(CC3)N=C2c2ccc(-c3ccc4[nH]c(CO)cc4c3)cc2)C1. The molecule has 184 valence electrons. The number of carbonyl (C=O) groups is 2.